The fourth-order valence-electron chi connectivity index (χ4n) is 1.68. The molecule has 1 rings (SSSR count). The van der Waals surface area contributed by atoms with Crippen molar-refractivity contribution in [1.82, 2.24) is 5.32 Å². The van der Waals surface area contributed by atoms with Crippen LogP contribution < -0.4 is 5.32 Å². The first-order valence-corrected chi connectivity index (χ1v) is 6.49. The standard InChI is InChI=1S/C14H17Cl2N/c1-3-5-6-13(17-4-2)9-11-7-8-12(15)10-14(11)16/h7-8,10,13,17H,4,6,9H2,1-2H3. The number of benzene rings is 1. The lowest BCUT2D eigenvalue weighted by Gasteiger charge is -2.16. The van der Waals surface area contributed by atoms with Crippen molar-refractivity contribution in [1.29, 1.82) is 0 Å². The molecule has 3 heteroatoms. The quantitative estimate of drug-likeness (QED) is 0.799. The average Bonchev–Trinajstić information content (AvgIpc) is 2.29. The maximum absolute atomic E-state index is 6.16. The van der Waals surface area contributed by atoms with Crippen molar-refractivity contribution in [2.75, 3.05) is 6.54 Å². The van der Waals surface area contributed by atoms with E-state index >= 15 is 0 Å². The number of hydrogen-bond donors (Lipinski definition) is 1. The predicted octanol–water partition coefficient (Wildman–Crippen LogP) is 3.93. The fourth-order valence-corrected chi connectivity index (χ4v) is 2.17. The highest BCUT2D eigenvalue weighted by molar-refractivity contribution is 6.35. The van der Waals surface area contributed by atoms with Gasteiger partial charge in [0, 0.05) is 22.5 Å². The van der Waals surface area contributed by atoms with Crippen LogP contribution in [0.2, 0.25) is 10.0 Å². The molecule has 0 spiro atoms. The van der Waals surface area contributed by atoms with E-state index in [9.17, 15) is 0 Å². The van der Waals surface area contributed by atoms with Gasteiger partial charge < -0.3 is 5.32 Å². The highest BCUT2D eigenvalue weighted by Crippen LogP contribution is 2.22. The molecule has 1 atom stereocenters. The van der Waals surface area contributed by atoms with E-state index in [1.807, 2.05) is 19.1 Å². The lowest BCUT2D eigenvalue weighted by Crippen LogP contribution is -2.30. The summed E-state index contributed by atoms with van der Waals surface area (Å²) in [6.45, 7) is 4.88. The average molecular weight is 270 g/mol. The molecule has 0 fully saturated rings. The van der Waals surface area contributed by atoms with E-state index < -0.39 is 0 Å². The molecule has 0 bridgehead atoms. The van der Waals surface area contributed by atoms with Crippen LogP contribution in [0.15, 0.2) is 18.2 Å². The van der Waals surface area contributed by atoms with Crippen LogP contribution in [-0.2, 0) is 6.42 Å². The molecular formula is C14H17Cl2N. The third-order valence-electron chi connectivity index (χ3n) is 2.50. The first kappa shape index (κ1) is 14.4. The lowest BCUT2D eigenvalue weighted by atomic mass is 10.0. The van der Waals surface area contributed by atoms with Crippen LogP contribution in [0.5, 0.6) is 0 Å². The summed E-state index contributed by atoms with van der Waals surface area (Å²) in [7, 11) is 0. The molecule has 0 aliphatic carbocycles. The van der Waals surface area contributed by atoms with Gasteiger partial charge in [0.05, 0.1) is 0 Å². The van der Waals surface area contributed by atoms with E-state index in [-0.39, 0.29) is 0 Å². The molecule has 0 heterocycles. The number of nitrogens with one attached hydrogen (secondary N) is 1. The van der Waals surface area contributed by atoms with Gasteiger partial charge in [0.2, 0.25) is 0 Å². The van der Waals surface area contributed by atoms with E-state index in [2.05, 4.69) is 24.1 Å². The Morgan fingerprint density at radius 3 is 2.71 bits per heavy atom. The summed E-state index contributed by atoms with van der Waals surface area (Å²) in [5.74, 6) is 6.02. The minimum atomic E-state index is 0.339. The van der Waals surface area contributed by atoms with E-state index in [0.29, 0.717) is 11.1 Å². The molecule has 1 nitrogen and oxygen atoms in total. The Hall–Kier alpha value is -0.680. The Morgan fingerprint density at radius 2 is 2.12 bits per heavy atom. The first-order chi connectivity index (χ1) is 8.17. The van der Waals surface area contributed by atoms with Crippen molar-refractivity contribution in [2.24, 2.45) is 0 Å². The number of hydrogen-bond acceptors (Lipinski definition) is 1. The van der Waals surface area contributed by atoms with Crippen molar-refractivity contribution in [2.45, 2.75) is 32.7 Å². The van der Waals surface area contributed by atoms with Crippen molar-refractivity contribution >= 4 is 23.2 Å². The van der Waals surface area contributed by atoms with Gasteiger partial charge in [-0.2, -0.15) is 0 Å². The third-order valence-corrected chi connectivity index (χ3v) is 3.09. The zero-order chi connectivity index (χ0) is 12.7. The highest BCUT2D eigenvalue weighted by Gasteiger charge is 2.09. The number of likely N-dealkylation sites (N-methyl/N-ethyl adjacent to an activating group) is 1. The highest BCUT2D eigenvalue weighted by atomic mass is 35.5. The molecule has 17 heavy (non-hydrogen) atoms. The SMILES string of the molecule is CC#CCC(Cc1ccc(Cl)cc1Cl)NCC. The summed E-state index contributed by atoms with van der Waals surface area (Å²) < 4.78 is 0. The Bertz CT molecular complexity index is 418. The van der Waals surface area contributed by atoms with Crippen molar-refractivity contribution in [3.8, 4) is 11.8 Å². The van der Waals surface area contributed by atoms with E-state index in [0.717, 1.165) is 30.0 Å². The Kier molecular flexibility index (Phi) is 6.44. The molecule has 1 unspecified atom stereocenters. The zero-order valence-electron chi connectivity index (χ0n) is 10.2. The maximum Gasteiger partial charge on any atom is 0.0453 e. The molecule has 0 radical (unpaired) electrons. The molecule has 0 saturated carbocycles. The molecule has 0 aliphatic heterocycles. The Balaban J connectivity index is 2.73. The Morgan fingerprint density at radius 1 is 1.35 bits per heavy atom. The van der Waals surface area contributed by atoms with Crippen LogP contribution in [0.3, 0.4) is 0 Å². The summed E-state index contributed by atoms with van der Waals surface area (Å²) in [6.07, 6.45) is 1.71. The van der Waals surface area contributed by atoms with Crippen molar-refractivity contribution in [3.05, 3.63) is 33.8 Å². The molecule has 1 aromatic carbocycles. The van der Waals surface area contributed by atoms with Crippen LogP contribution in [0.4, 0.5) is 0 Å². The third kappa shape index (κ3) is 5.00. The molecule has 1 aromatic rings. The molecule has 0 amide bonds. The van der Waals surface area contributed by atoms with Gasteiger partial charge in [0.25, 0.3) is 0 Å². The summed E-state index contributed by atoms with van der Waals surface area (Å²) in [4.78, 5) is 0. The predicted molar refractivity (Wildman–Crippen MR) is 75.7 cm³/mol. The smallest absolute Gasteiger partial charge is 0.0453 e. The van der Waals surface area contributed by atoms with Crippen molar-refractivity contribution < 1.29 is 0 Å². The van der Waals surface area contributed by atoms with E-state index in [1.165, 1.54) is 0 Å². The summed E-state index contributed by atoms with van der Waals surface area (Å²) in [5.41, 5.74) is 1.11. The van der Waals surface area contributed by atoms with Gasteiger partial charge in [0.1, 0.15) is 0 Å². The van der Waals surface area contributed by atoms with E-state index in [1.54, 1.807) is 6.07 Å². The number of halogens is 2. The molecule has 0 aromatic heterocycles. The van der Waals surface area contributed by atoms with Crippen molar-refractivity contribution in [3.63, 3.8) is 0 Å². The second-order valence-electron chi connectivity index (χ2n) is 3.83. The van der Waals surface area contributed by atoms with Crippen LogP contribution in [0.1, 0.15) is 25.8 Å². The molecular weight excluding hydrogens is 253 g/mol. The topological polar surface area (TPSA) is 12.0 Å². The van der Waals surface area contributed by atoms with Gasteiger partial charge in [-0.25, -0.2) is 0 Å². The van der Waals surface area contributed by atoms with Crippen LogP contribution >= 0.6 is 23.2 Å². The summed E-state index contributed by atoms with van der Waals surface area (Å²) in [5, 5.41) is 4.81. The summed E-state index contributed by atoms with van der Waals surface area (Å²) in [6, 6.07) is 5.98. The van der Waals surface area contributed by atoms with Gasteiger partial charge >= 0.3 is 0 Å². The molecule has 0 aliphatic rings. The van der Waals surface area contributed by atoms with Gasteiger partial charge in [-0.15, -0.1) is 11.8 Å². The van der Waals surface area contributed by atoms with Crippen LogP contribution in [-0.4, -0.2) is 12.6 Å². The van der Waals surface area contributed by atoms with Gasteiger partial charge in [0.15, 0.2) is 0 Å². The van der Waals surface area contributed by atoms with Gasteiger partial charge in [-0.1, -0.05) is 36.2 Å². The number of rotatable bonds is 5. The zero-order valence-corrected chi connectivity index (χ0v) is 11.7. The molecule has 92 valence electrons. The minimum Gasteiger partial charge on any atom is -0.313 e. The normalized spacial score (nSPS) is 11.8. The minimum absolute atomic E-state index is 0.339. The maximum atomic E-state index is 6.16. The second kappa shape index (κ2) is 7.61. The van der Waals surface area contributed by atoms with Crippen LogP contribution in [0.25, 0.3) is 0 Å². The first-order valence-electron chi connectivity index (χ1n) is 5.74. The largest absolute Gasteiger partial charge is 0.313 e. The van der Waals surface area contributed by atoms with E-state index in [4.69, 9.17) is 23.2 Å². The van der Waals surface area contributed by atoms with Gasteiger partial charge in [-0.05, 0) is 37.6 Å². The van der Waals surface area contributed by atoms with Crippen LogP contribution in [0, 0.1) is 11.8 Å². The Labute approximate surface area is 114 Å². The summed E-state index contributed by atoms with van der Waals surface area (Å²) >= 11 is 12.0. The monoisotopic (exact) mass is 269 g/mol. The molecule has 0 saturated heterocycles. The lowest BCUT2D eigenvalue weighted by molar-refractivity contribution is 0.535. The van der Waals surface area contributed by atoms with Gasteiger partial charge in [-0.3, -0.25) is 0 Å². The fraction of sp³-hybridized carbons (Fsp3) is 0.429. The molecule has 1 N–H and O–H groups in total. The second-order valence-corrected chi connectivity index (χ2v) is 4.67.